The van der Waals surface area contributed by atoms with Crippen LogP contribution in [0.15, 0.2) is 48.2 Å². The first-order chi connectivity index (χ1) is 16.0. The SMILES string of the molecule is CN(C)CCC(=O)N1CCCCC1C(=O)NC1=CC(Cl)C(c2ccccc2OC(F)(F)F)C=C1. The number of para-hydroxylation sites is 1. The van der Waals surface area contributed by atoms with Crippen molar-refractivity contribution in [1.29, 1.82) is 0 Å². The molecule has 3 unspecified atom stereocenters. The Morgan fingerprint density at radius 3 is 2.65 bits per heavy atom. The van der Waals surface area contributed by atoms with Crippen LogP contribution in [0.4, 0.5) is 13.2 Å². The second kappa shape index (κ2) is 11.3. The molecule has 34 heavy (non-hydrogen) atoms. The lowest BCUT2D eigenvalue weighted by Gasteiger charge is -2.35. The third-order valence-electron chi connectivity index (χ3n) is 5.83. The summed E-state index contributed by atoms with van der Waals surface area (Å²) in [5, 5.41) is 2.12. The molecule has 3 atom stereocenters. The second-order valence-electron chi connectivity index (χ2n) is 8.68. The molecular formula is C24H29ClF3N3O3. The molecule has 2 amide bonds. The van der Waals surface area contributed by atoms with Gasteiger partial charge >= 0.3 is 6.36 Å². The van der Waals surface area contributed by atoms with E-state index in [1.807, 2.05) is 19.0 Å². The van der Waals surface area contributed by atoms with Gasteiger partial charge in [-0.2, -0.15) is 0 Å². The van der Waals surface area contributed by atoms with Crippen LogP contribution in [0.1, 0.15) is 37.2 Å². The normalized spacial score (nSPS) is 23.0. The van der Waals surface area contributed by atoms with Crippen LogP contribution in [0.3, 0.4) is 0 Å². The largest absolute Gasteiger partial charge is 0.573 e. The van der Waals surface area contributed by atoms with Gasteiger partial charge < -0.3 is 19.9 Å². The van der Waals surface area contributed by atoms with Crippen molar-refractivity contribution in [3.8, 4) is 5.75 Å². The van der Waals surface area contributed by atoms with Crippen molar-refractivity contribution >= 4 is 23.4 Å². The molecule has 6 nitrogen and oxygen atoms in total. The van der Waals surface area contributed by atoms with Crippen molar-refractivity contribution in [2.45, 2.75) is 49.4 Å². The molecule has 1 fully saturated rings. The van der Waals surface area contributed by atoms with Gasteiger partial charge in [0.05, 0.1) is 5.38 Å². The maximum Gasteiger partial charge on any atom is 0.573 e. The molecule has 1 heterocycles. The van der Waals surface area contributed by atoms with E-state index < -0.39 is 23.7 Å². The van der Waals surface area contributed by atoms with E-state index >= 15 is 0 Å². The highest BCUT2D eigenvalue weighted by atomic mass is 35.5. The van der Waals surface area contributed by atoms with Gasteiger partial charge in [-0.25, -0.2) is 0 Å². The maximum atomic E-state index is 13.0. The van der Waals surface area contributed by atoms with Crippen LogP contribution >= 0.6 is 11.6 Å². The summed E-state index contributed by atoms with van der Waals surface area (Å²) in [5.41, 5.74) is 0.740. The van der Waals surface area contributed by atoms with E-state index in [1.165, 1.54) is 18.2 Å². The molecule has 10 heteroatoms. The van der Waals surface area contributed by atoms with Crippen LogP contribution in [-0.4, -0.2) is 66.6 Å². The maximum absolute atomic E-state index is 13.0. The number of piperidine rings is 1. The van der Waals surface area contributed by atoms with Crippen molar-refractivity contribution in [1.82, 2.24) is 15.1 Å². The number of allylic oxidation sites excluding steroid dienone is 3. The average molecular weight is 500 g/mol. The molecule has 2 aliphatic rings. The molecule has 1 aromatic carbocycles. The summed E-state index contributed by atoms with van der Waals surface area (Å²) >= 11 is 6.49. The number of nitrogens with one attached hydrogen (secondary N) is 1. The highest BCUT2D eigenvalue weighted by Gasteiger charge is 2.35. The molecule has 1 N–H and O–H groups in total. The Bertz CT molecular complexity index is 949. The zero-order chi connectivity index (χ0) is 24.9. The molecule has 1 aliphatic carbocycles. The number of nitrogens with zero attached hydrogens (tertiary/aromatic N) is 2. The zero-order valence-corrected chi connectivity index (χ0v) is 19.9. The smallest absolute Gasteiger partial charge is 0.405 e. The van der Waals surface area contributed by atoms with Crippen LogP contribution in [0.5, 0.6) is 5.75 Å². The van der Waals surface area contributed by atoms with E-state index in [9.17, 15) is 22.8 Å². The number of hydrogen-bond acceptors (Lipinski definition) is 4. The lowest BCUT2D eigenvalue weighted by Crippen LogP contribution is -2.52. The quantitative estimate of drug-likeness (QED) is 0.572. The predicted octanol–water partition coefficient (Wildman–Crippen LogP) is 4.18. The number of carbonyl (C=O) groups is 2. The monoisotopic (exact) mass is 499 g/mol. The van der Waals surface area contributed by atoms with E-state index in [-0.39, 0.29) is 17.6 Å². The number of amides is 2. The van der Waals surface area contributed by atoms with Crippen molar-refractivity contribution in [2.75, 3.05) is 27.2 Å². The Hall–Kier alpha value is -2.52. The number of alkyl halides is 4. The summed E-state index contributed by atoms with van der Waals surface area (Å²) in [7, 11) is 3.78. The Morgan fingerprint density at radius 1 is 1.24 bits per heavy atom. The third kappa shape index (κ3) is 6.99. The standard InChI is InChI=1S/C24H29ClF3N3O3/c1-30(2)14-12-22(32)31-13-6-5-8-20(31)23(33)29-16-10-11-17(19(25)15-16)18-7-3-4-9-21(18)34-24(26,27)28/h3-4,7,9-11,15,17,19-20H,5-6,8,12-14H2,1-2H3,(H,29,33). The fraction of sp³-hybridized carbons (Fsp3) is 0.500. The van der Waals surface area contributed by atoms with Gasteiger partial charge in [0.1, 0.15) is 11.8 Å². The van der Waals surface area contributed by atoms with E-state index in [2.05, 4.69) is 10.1 Å². The zero-order valence-electron chi connectivity index (χ0n) is 19.1. The molecule has 0 spiro atoms. The van der Waals surface area contributed by atoms with E-state index in [0.717, 1.165) is 12.8 Å². The Labute approximate surface area is 202 Å². The number of rotatable bonds is 7. The summed E-state index contributed by atoms with van der Waals surface area (Å²) in [6.45, 7) is 1.14. The van der Waals surface area contributed by atoms with Crippen LogP contribution in [0, 0.1) is 0 Å². The summed E-state index contributed by atoms with van der Waals surface area (Å²) < 4.78 is 42.5. The van der Waals surface area contributed by atoms with Gasteiger partial charge in [0.2, 0.25) is 11.8 Å². The minimum absolute atomic E-state index is 0.0572. The molecule has 0 aromatic heterocycles. The van der Waals surface area contributed by atoms with Gasteiger partial charge in [-0.15, -0.1) is 24.8 Å². The fourth-order valence-corrected chi connectivity index (χ4v) is 4.52. The summed E-state index contributed by atoms with van der Waals surface area (Å²) in [6, 6.07) is 5.28. The molecule has 3 rings (SSSR count). The number of carbonyl (C=O) groups excluding carboxylic acids is 2. The van der Waals surface area contributed by atoms with Gasteiger partial charge in [0.15, 0.2) is 0 Å². The second-order valence-corrected chi connectivity index (χ2v) is 9.18. The molecule has 1 aromatic rings. The third-order valence-corrected chi connectivity index (χ3v) is 6.23. The number of ether oxygens (including phenoxy) is 1. The van der Waals surface area contributed by atoms with Crippen LogP contribution in [-0.2, 0) is 9.59 Å². The van der Waals surface area contributed by atoms with Gasteiger partial charge in [-0.1, -0.05) is 24.3 Å². The topological polar surface area (TPSA) is 61.9 Å². The van der Waals surface area contributed by atoms with Crippen LogP contribution in [0.2, 0.25) is 0 Å². The van der Waals surface area contributed by atoms with E-state index in [1.54, 1.807) is 29.2 Å². The minimum Gasteiger partial charge on any atom is -0.405 e. The summed E-state index contributed by atoms with van der Waals surface area (Å²) in [6.07, 6.45) is 2.65. The molecule has 0 bridgehead atoms. The van der Waals surface area contributed by atoms with Crippen molar-refractivity contribution in [3.05, 3.63) is 53.8 Å². The van der Waals surface area contributed by atoms with Crippen molar-refractivity contribution in [3.63, 3.8) is 0 Å². The number of halogens is 4. The molecule has 0 radical (unpaired) electrons. The van der Waals surface area contributed by atoms with Gasteiger partial charge in [-0.3, -0.25) is 9.59 Å². The van der Waals surface area contributed by atoms with Gasteiger partial charge in [0, 0.05) is 36.7 Å². The average Bonchev–Trinajstić information content (AvgIpc) is 2.77. The van der Waals surface area contributed by atoms with Crippen LogP contribution < -0.4 is 10.1 Å². The highest BCUT2D eigenvalue weighted by molar-refractivity contribution is 6.22. The van der Waals surface area contributed by atoms with E-state index in [4.69, 9.17) is 11.6 Å². The molecule has 1 aliphatic heterocycles. The number of likely N-dealkylation sites (tertiary alicyclic amines) is 1. The summed E-state index contributed by atoms with van der Waals surface area (Å²) in [4.78, 5) is 29.2. The molecule has 1 saturated heterocycles. The van der Waals surface area contributed by atoms with Crippen molar-refractivity contribution in [2.24, 2.45) is 0 Å². The Kier molecular flexibility index (Phi) is 8.65. The number of benzene rings is 1. The minimum atomic E-state index is -4.82. The van der Waals surface area contributed by atoms with Crippen LogP contribution in [0.25, 0.3) is 0 Å². The first-order valence-corrected chi connectivity index (χ1v) is 11.6. The number of hydrogen-bond donors (Lipinski definition) is 1. The molecule has 186 valence electrons. The highest BCUT2D eigenvalue weighted by Crippen LogP contribution is 2.37. The summed E-state index contributed by atoms with van der Waals surface area (Å²) in [5.74, 6) is -1.24. The first-order valence-electron chi connectivity index (χ1n) is 11.2. The van der Waals surface area contributed by atoms with Crippen molar-refractivity contribution < 1.29 is 27.5 Å². The Morgan fingerprint density at radius 2 is 1.97 bits per heavy atom. The molecule has 0 saturated carbocycles. The molecular weight excluding hydrogens is 471 g/mol. The van der Waals surface area contributed by atoms with E-state index in [0.29, 0.717) is 37.2 Å². The first kappa shape index (κ1) is 26.1. The Balaban J connectivity index is 1.68. The lowest BCUT2D eigenvalue weighted by molar-refractivity contribution is -0.274. The fourth-order valence-electron chi connectivity index (χ4n) is 4.17. The van der Waals surface area contributed by atoms with Gasteiger partial charge in [0.25, 0.3) is 0 Å². The lowest BCUT2D eigenvalue weighted by atomic mass is 9.90. The predicted molar refractivity (Wildman–Crippen MR) is 123 cm³/mol. The van der Waals surface area contributed by atoms with Gasteiger partial charge in [-0.05, 0) is 51.6 Å².